The lowest BCUT2D eigenvalue weighted by atomic mass is 9.96. The van der Waals surface area contributed by atoms with Gasteiger partial charge in [-0.05, 0) is 62.1 Å². The van der Waals surface area contributed by atoms with Gasteiger partial charge in [0.25, 0.3) is 11.5 Å². The Balaban J connectivity index is 1.86. The SMILES string of the molecule is COc1cc(=O)n(-c2ccccc2C)nc1C(=O)N1c2ccc(F)cc2CC[C@H]1C. The molecule has 1 aliphatic rings. The van der Waals surface area contributed by atoms with Gasteiger partial charge in [0.05, 0.1) is 18.9 Å². The number of carbonyl (C=O) groups excluding carboxylic acids is 1. The number of fused-ring (bicyclic) bond motifs is 1. The molecule has 0 unspecified atom stereocenters. The van der Waals surface area contributed by atoms with Crippen LogP contribution in [0.3, 0.4) is 0 Å². The van der Waals surface area contributed by atoms with Crippen LogP contribution in [-0.2, 0) is 6.42 Å². The second-order valence-corrected chi connectivity index (χ2v) is 7.43. The zero-order chi connectivity index (χ0) is 21.4. The van der Waals surface area contributed by atoms with Crippen molar-refractivity contribution in [2.24, 2.45) is 0 Å². The van der Waals surface area contributed by atoms with Crippen LogP contribution in [-0.4, -0.2) is 28.8 Å². The summed E-state index contributed by atoms with van der Waals surface area (Å²) in [5, 5.41) is 4.39. The largest absolute Gasteiger partial charge is 0.494 e. The second kappa shape index (κ2) is 7.74. The van der Waals surface area contributed by atoms with Gasteiger partial charge in [-0.2, -0.15) is 9.78 Å². The lowest BCUT2D eigenvalue weighted by Crippen LogP contribution is -2.43. The van der Waals surface area contributed by atoms with E-state index in [9.17, 15) is 14.0 Å². The average Bonchev–Trinajstić information content (AvgIpc) is 2.73. The van der Waals surface area contributed by atoms with Crippen LogP contribution in [0.15, 0.2) is 53.3 Å². The molecular weight excluding hydrogens is 385 g/mol. The molecule has 7 heteroatoms. The van der Waals surface area contributed by atoms with E-state index in [1.807, 2.05) is 26.0 Å². The van der Waals surface area contributed by atoms with E-state index in [0.717, 1.165) is 11.1 Å². The molecule has 6 nitrogen and oxygen atoms in total. The molecule has 0 N–H and O–H groups in total. The number of aryl methyl sites for hydroxylation is 2. The van der Waals surface area contributed by atoms with Crippen LogP contribution in [0.25, 0.3) is 5.69 Å². The lowest BCUT2D eigenvalue weighted by Gasteiger charge is -2.35. The highest BCUT2D eigenvalue weighted by Gasteiger charge is 2.32. The van der Waals surface area contributed by atoms with Gasteiger partial charge in [-0.3, -0.25) is 9.59 Å². The monoisotopic (exact) mass is 407 g/mol. The van der Waals surface area contributed by atoms with Crippen molar-refractivity contribution in [3.8, 4) is 11.4 Å². The highest BCUT2D eigenvalue weighted by molar-refractivity contribution is 6.07. The number of carbonyl (C=O) groups is 1. The smallest absolute Gasteiger partial charge is 0.282 e. The molecule has 2 heterocycles. The fourth-order valence-corrected chi connectivity index (χ4v) is 3.86. The van der Waals surface area contributed by atoms with E-state index in [2.05, 4.69) is 5.10 Å². The summed E-state index contributed by atoms with van der Waals surface area (Å²) in [4.78, 5) is 27.9. The number of benzene rings is 2. The molecule has 3 aromatic rings. The first-order valence-electron chi connectivity index (χ1n) is 9.77. The van der Waals surface area contributed by atoms with E-state index in [-0.39, 0.29) is 23.3 Å². The van der Waals surface area contributed by atoms with Crippen molar-refractivity contribution in [3.63, 3.8) is 0 Å². The Morgan fingerprint density at radius 2 is 1.93 bits per heavy atom. The summed E-state index contributed by atoms with van der Waals surface area (Å²) in [6.45, 7) is 3.81. The Morgan fingerprint density at radius 1 is 1.17 bits per heavy atom. The summed E-state index contributed by atoms with van der Waals surface area (Å²) in [5.41, 5.74) is 2.50. The van der Waals surface area contributed by atoms with E-state index in [1.165, 1.54) is 30.0 Å². The Kier molecular flexibility index (Phi) is 5.11. The molecule has 0 bridgehead atoms. The lowest BCUT2D eigenvalue weighted by molar-refractivity contribution is 0.0965. The molecule has 0 saturated heterocycles. The van der Waals surface area contributed by atoms with Crippen molar-refractivity contribution >= 4 is 11.6 Å². The third kappa shape index (κ3) is 3.36. The van der Waals surface area contributed by atoms with E-state index in [4.69, 9.17) is 4.74 Å². The number of rotatable bonds is 3. The number of hydrogen-bond acceptors (Lipinski definition) is 4. The molecular formula is C23H22FN3O3. The molecule has 0 fully saturated rings. The minimum absolute atomic E-state index is 0.0318. The third-order valence-electron chi connectivity index (χ3n) is 5.45. The minimum atomic E-state index is -0.396. The summed E-state index contributed by atoms with van der Waals surface area (Å²) >= 11 is 0. The van der Waals surface area contributed by atoms with Crippen molar-refractivity contribution in [1.29, 1.82) is 0 Å². The van der Waals surface area contributed by atoms with Crippen molar-refractivity contribution < 1.29 is 13.9 Å². The maximum Gasteiger partial charge on any atom is 0.282 e. The van der Waals surface area contributed by atoms with E-state index < -0.39 is 11.5 Å². The van der Waals surface area contributed by atoms with Crippen LogP contribution < -0.4 is 15.2 Å². The Hall–Kier alpha value is -3.48. The second-order valence-electron chi connectivity index (χ2n) is 7.43. The number of ether oxygens (including phenoxy) is 1. The molecule has 1 amide bonds. The third-order valence-corrected chi connectivity index (χ3v) is 5.45. The molecule has 0 radical (unpaired) electrons. The van der Waals surface area contributed by atoms with Gasteiger partial charge in [0.2, 0.25) is 0 Å². The Labute approximate surface area is 173 Å². The summed E-state index contributed by atoms with van der Waals surface area (Å²) in [6, 6.07) is 12.9. The maximum absolute atomic E-state index is 13.7. The van der Waals surface area contributed by atoms with Crippen LogP contribution in [0.5, 0.6) is 5.75 Å². The molecule has 1 aromatic heterocycles. The van der Waals surface area contributed by atoms with E-state index in [1.54, 1.807) is 23.1 Å². The number of aromatic nitrogens is 2. The van der Waals surface area contributed by atoms with E-state index >= 15 is 0 Å². The molecule has 4 rings (SSSR count). The average molecular weight is 407 g/mol. The van der Waals surface area contributed by atoms with Crippen molar-refractivity contribution in [3.05, 3.63) is 81.5 Å². The fraction of sp³-hybridized carbons (Fsp3) is 0.261. The number of nitrogens with zero attached hydrogens (tertiary/aromatic N) is 3. The highest BCUT2D eigenvalue weighted by atomic mass is 19.1. The molecule has 30 heavy (non-hydrogen) atoms. The number of para-hydroxylation sites is 1. The number of halogens is 1. The summed E-state index contributed by atoms with van der Waals surface area (Å²) in [7, 11) is 1.40. The normalized spacial score (nSPS) is 15.6. The molecule has 0 aliphatic carbocycles. The number of methoxy groups -OCH3 is 1. The first kappa shape index (κ1) is 19.8. The molecule has 2 aromatic carbocycles. The number of hydrogen-bond donors (Lipinski definition) is 0. The van der Waals surface area contributed by atoms with Crippen molar-refractivity contribution in [2.45, 2.75) is 32.7 Å². The van der Waals surface area contributed by atoms with Crippen molar-refractivity contribution in [2.75, 3.05) is 12.0 Å². The van der Waals surface area contributed by atoms with Crippen LogP contribution in [0.1, 0.15) is 35.0 Å². The van der Waals surface area contributed by atoms with Crippen LogP contribution in [0.4, 0.5) is 10.1 Å². The molecule has 154 valence electrons. The van der Waals surface area contributed by atoms with Gasteiger partial charge in [-0.25, -0.2) is 4.39 Å². The highest BCUT2D eigenvalue weighted by Crippen LogP contribution is 2.33. The van der Waals surface area contributed by atoms with Crippen LogP contribution >= 0.6 is 0 Å². The molecule has 1 atom stereocenters. The predicted molar refractivity (Wildman–Crippen MR) is 112 cm³/mol. The van der Waals surface area contributed by atoms with Gasteiger partial charge < -0.3 is 9.64 Å². The topological polar surface area (TPSA) is 64.4 Å². The van der Waals surface area contributed by atoms with Gasteiger partial charge in [-0.1, -0.05) is 18.2 Å². The maximum atomic E-state index is 13.7. The van der Waals surface area contributed by atoms with Gasteiger partial charge in [-0.15, -0.1) is 0 Å². The standard InChI is InChI=1S/C23H22FN3O3/c1-14-6-4-5-7-18(14)27-21(28)13-20(30-3)22(25-27)23(29)26-15(2)8-9-16-12-17(24)10-11-19(16)26/h4-7,10-13,15H,8-9H2,1-3H3/t15-/m1/s1. The summed E-state index contributed by atoms with van der Waals surface area (Å²) in [5.74, 6) is -0.620. The van der Waals surface area contributed by atoms with Crippen LogP contribution in [0, 0.1) is 12.7 Å². The number of amides is 1. The minimum Gasteiger partial charge on any atom is -0.494 e. The van der Waals surface area contributed by atoms with Gasteiger partial charge in [0.1, 0.15) is 5.82 Å². The van der Waals surface area contributed by atoms with E-state index in [0.29, 0.717) is 24.2 Å². The van der Waals surface area contributed by atoms with Gasteiger partial charge in [0.15, 0.2) is 11.4 Å². The quantitative estimate of drug-likeness (QED) is 0.665. The zero-order valence-electron chi connectivity index (χ0n) is 17.1. The van der Waals surface area contributed by atoms with Crippen LogP contribution in [0.2, 0.25) is 0 Å². The fourth-order valence-electron chi connectivity index (χ4n) is 3.86. The van der Waals surface area contributed by atoms with Gasteiger partial charge >= 0.3 is 0 Å². The summed E-state index contributed by atoms with van der Waals surface area (Å²) < 4.78 is 20.2. The predicted octanol–water partition coefficient (Wildman–Crippen LogP) is 3.67. The molecule has 1 aliphatic heterocycles. The Bertz CT molecular complexity index is 1190. The Morgan fingerprint density at radius 3 is 2.67 bits per heavy atom. The number of anilines is 1. The van der Waals surface area contributed by atoms with Crippen molar-refractivity contribution in [1.82, 2.24) is 9.78 Å². The first-order valence-corrected chi connectivity index (χ1v) is 9.77. The molecule has 0 saturated carbocycles. The van der Waals surface area contributed by atoms with Gasteiger partial charge in [0, 0.05) is 11.7 Å². The molecule has 0 spiro atoms. The summed E-state index contributed by atoms with van der Waals surface area (Å²) in [6.07, 6.45) is 1.38. The zero-order valence-corrected chi connectivity index (χ0v) is 17.1. The first-order chi connectivity index (χ1) is 14.4.